The molecule has 1 unspecified atom stereocenters. The van der Waals surface area contributed by atoms with Gasteiger partial charge in [-0.05, 0) is 18.2 Å². The summed E-state index contributed by atoms with van der Waals surface area (Å²) in [6, 6.07) is 7.27. The highest BCUT2D eigenvalue weighted by atomic mass is 35.5. The van der Waals surface area contributed by atoms with Crippen molar-refractivity contribution in [1.29, 1.82) is 0 Å². The fourth-order valence-electron chi connectivity index (χ4n) is 2.66. The third-order valence-corrected chi connectivity index (χ3v) is 3.73. The van der Waals surface area contributed by atoms with Crippen molar-refractivity contribution in [1.82, 2.24) is 10.6 Å². The summed E-state index contributed by atoms with van der Waals surface area (Å²) in [4.78, 5) is 25.4. The summed E-state index contributed by atoms with van der Waals surface area (Å²) in [7, 11) is 0. The van der Waals surface area contributed by atoms with E-state index in [0.29, 0.717) is 38.4 Å². The standard InChI is InChI=1S/C15H20N4O3.ClH/c20-14(9-12-10-22-7-5-16-12)18-11-2-1-3-13(8-11)19-6-4-17-15(19)21;/h1-3,8,12,16H,4-7,9-10H2,(H,17,21)(H,18,20);1H. The molecular weight excluding hydrogens is 320 g/mol. The molecule has 0 aliphatic carbocycles. The van der Waals surface area contributed by atoms with E-state index in [4.69, 9.17) is 4.74 Å². The van der Waals surface area contributed by atoms with Crippen LogP contribution < -0.4 is 20.9 Å². The Morgan fingerprint density at radius 1 is 1.39 bits per heavy atom. The zero-order chi connectivity index (χ0) is 15.4. The van der Waals surface area contributed by atoms with Gasteiger partial charge in [0.15, 0.2) is 0 Å². The van der Waals surface area contributed by atoms with E-state index in [1.54, 1.807) is 4.90 Å². The molecule has 3 rings (SSSR count). The van der Waals surface area contributed by atoms with E-state index in [1.165, 1.54) is 0 Å². The molecule has 1 aromatic rings. The molecule has 2 aliphatic heterocycles. The maximum Gasteiger partial charge on any atom is 0.321 e. The Balaban J connectivity index is 0.00000192. The number of halogens is 1. The highest BCUT2D eigenvalue weighted by Crippen LogP contribution is 2.21. The van der Waals surface area contributed by atoms with Gasteiger partial charge in [-0.25, -0.2) is 4.79 Å². The van der Waals surface area contributed by atoms with Gasteiger partial charge in [-0.15, -0.1) is 12.4 Å². The van der Waals surface area contributed by atoms with Crippen LogP contribution in [0.15, 0.2) is 24.3 Å². The topological polar surface area (TPSA) is 82.7 Å². The van der Waals surface area contributed by atoms with Crippen LogP contribution in [0.5, 0.6) is 0 Å². The number of hydrogen-bond acceptors (Lipinski definition) is 4. The minimum atomic E-state index is -0.105. The number of urea groups is 1. The van der Waals surface area contributed by atoms with Crippen LogP contribution in [-0.2, 0) is 9.53 Å². The van der Waals surface area contributed by atoms with Crippen LogP contribution in [0.25, 0.3) is 0 Å². The lowest BCUT2D eigenvalue weighted by atomic mass is 10.2. The summed E-state index contributed by atoms with van der Waals surface area (Å²) >= 11 is 0. The number of amides is 3. The molecule has 2 aliphatic rings. The molecular formula is C15H21ClN4O3. The number of nitrogens with zero attached hydrogens (tertiary/aromatic N) is 1. The minimum Gasteiger partial charge on any atom is -0.378 e. The average Bonchev–Trinajstić information content (AvgIpc) is 2.94. The third-order valence-electron chi connectivity index (χ3n) is 3.73. The number of anilines is 2. The van der Waals surface area contributed by atoms with Crippen LogP contribution in [0.3, 0.4) is 0 Å². The van der Waals surface area contributed by atoms with Crippen LogP contribution in [-0.4, -0.2) is 50.8 Å². The number of carbonyl (C=O) groups excluding carboxylic acids is 2. The lowest BCUT2D eigenvalue weighted by Gasteiger charge is -2.23. The second-order valence-electron chi connectivity index (χ2n) is 5.41. The van der Waals surface area contributed by atoms with Gasteiger partial charge in [0.05, 0.1) is 13.2 Å². The lowest BCUT2D eigenvalue weighted by Crippen LogP contribution is -2.43. The molecule has 1 atom stereocenters. The van der Waals surface area contributed by atoms with E-state index in [2.05, 4.69) is 16.0 Å². The molecule has 2 fully saturated rings. The molecule has 2 heterocycles. The fourth-order valence-corrected chi connectivity index (χ4v) is 2.66. The number of morpholine rings is 1. The van der Waals surface area contributed by atoms with Crippen LogP contribution in [0.4, 0.5) is 16.2 Å². The van der Waals surface area contributed by atoms with Crippen molar-refractivity contribution in [3.05, 3.63) is 24.3 Å². The number of nitrogens with one attached hydrogen (secondary N) is 3. The molecule has 8 heteroatoms. The normalized spacial score (nSPS) is 20.6. The van der Waals surface area contributed by atoms with Gasteiger partial charge >= 0.3 is 6.03 Å². The first-order valence-electron chi connectivity index (χ1n) is 7.49. The molecule has 0 aromatic heterocycles. The quantitative estimate of drug-likeness (QED) is 0.762. The predicted molar refractivity (Wildman–Crippen MR) is 90.3 cm³/mol. The van der Waals surface area contributed by atoms with Crippen molar-refractivity contribution in [3.8, 4) is 0 Å². The van der Waals surface area contributed by atoms with E-state index in [9.17, 15) is 9.59 Å². The zero-order valence-corrected chi connectivity index (χ0v) is 13.5. The van der Waals surface area contributed by atoms with Crippen LogP contribution >= 0.6 is 12.4 Å². The van der Waals surface area contributed by atoms with Crippen molar-refractivity contribution in [2.24, 2.45) is 0 Å². The van der Waals surface area contributed by atoms with E-state index >= 15 is 0 Å². The van der Waals surface area contributed by atoms with Gasteiger partial charge in [-0.2, -0.15) is 0 Å². The molecule has 0 saturated carbocycles. The first-order valence-corrected chi connectivity index (χ1v) is 7.49. The number of carbonyl (C=O) groups is 2. The maximum atomic E-state index is 12.1. The molecule has 2 saturated heterocycles. The first kappa shape index (κ1) is 17.5. The van der Waals surface area contributed by atoms with Gasteiger partial charge in [0.25, 0.3) is 0 Å². The second kappa shape index (κ2) is 8.14. The van der Waals surface area contributed by atoms with Crippen LogP contribution in [0.1, 0.15) is 6.42 Å². The molecule has 23 heavy (non-hydrogen) atoms. The molecule has 0 bridgehead atoms. The van der Waals surface area contributed by atoms with Gasteiger partial charge < -0.3 is 20.7 Å². The van der Waals surface area contributed by atoms with Gasteiger partial charge in [0, 0.05) is 43.5 Å². The van der Waals surface area contributed by atoms with Crippen LogP contribution in [0, 0.1) is 0 Å². The van der Waals surface area contributed by atoms with Crippen molar-refractivity contribution in [2.75, 3.05) is 43.1 Å². The average molecular weight is 341 g/mol. The van der Waals surface area contributed by atoms with Gasteiger partial charge in [-0.3, -0.25) is 9.69 Å². The Morgan fingerprint density at radius 2 is 2.26 bits per heavy atom. The van der Waals surface area contributed by atoms with Crippen LogP contribution in [0.2, 0.25) is 0 Å². The summed E-state index contributed by atoms with van der Waals surface area (Å²) in [5.74, 6) is -0.0639. The largest absolute Gasteiger partial charge is 0.378 e. The van der Waals surface area contributed by atoms with Crippen molar-refractivity contribution in [3.63, 3.8) is 0 Å². The van der Waals surface area contributed by atoms with Gasteiger partial charge in [0.2, 0.25) is 5.91 Å². The van der Waals surface area contributed by atoms with E-state index in [1.807, 2.05) is 24.3 Å². The third kappa shape index (κ3) is 4.57. The minimum absolute atomic E-state index is 0. The molecule has 126 valence electrons. The van der Waals surface area contributed by atoms with Gasteiger partial charge in [0.1, 0.15) is 0 Å². The maximum absolute atomic E-state index is 12.1. The number of benzene rings is 1. The van der Waals surface area contributed by atoms with Crippen molar-refractivity contribution >= 4 is 35.7 Å². The molecule has 1 aromatic carbocycles. The summed E-state index contributed by atoms with van der Waals surface area (Å²) in [5, 5.41) is 8.89. The summed E-state index contributed by atoms with van der Waals surface area (Å²) in [5.41, 5.74) is 1.48. The monoisotopic (exact) mass is 340 g/mol. The first-order chi connectivity index (χ1) is 10.7. The Kier molecular flexibility index (Phi) is 6.20. The highest BCUT2D eigenvalue weighted by Gasteiger charge is 2.21. The van der Waals surface area contributed by atoms with Crippen molar-refractivity contribution < 1.29 is 14.3 Å². The lowest BCUT2D eigenvalue weighted by molar-refractivity contribution is -0.117. The molecule has 0 radical (unpaired) electrons. The Hall–Kier alpha value is -1.83. The molecule has 3 amide bonds. The SMILES string of the molecule is Cl.O=C(CC1COCCN1)Nc1cccc(N2CCNC2=O)c1. The summed E-state index contributed by atoms with van der Waals surface area (Å²) in [6.45, 7) is 3.30. The van der Waals surface area contributed by atoms with Gasteiger partial charge in [-0.1, -0.05) is 6.07 Å². The van der Waals surface area contributed by atoms with Crippen molar-refractivity contribution in [2.45, 2.75) is 12.5 Å². The number of rotatable bonds is 4. The zero-order valence-electron chi connectivity index (χ0n) is 12.7. The summed E-state index contributed by atoms with van der Waals surface area (Å²) in [6.07, 6.45) is 0.369. The second-order valence-corrected chi connectivity index (χ2v) is 5.41. The Labute approximate surface area is 141 Å². The van der Waals surface area contributed by atoms with E-state index < -0.39 is 0 Å². The molecule has 3 N–H and O–H groups in total. The summed E-state index contributed by atoms with van der Waals surface area (Å²) < 4.78 is 5.34. The molecule has 7 nitrogen and oxygen atoms in total. The highest BCUT2D eigenvalue weighted by molar-refractivity contribution is 5.96. The number of hydrogen-bond donors (Lipinski definition) is 3. The van der Waals surface area contributed by atoms with E-state index in [-0.39, 0.29) is 30.4 Å². The Bertz CT molecular complexity index is 563. The predicted octanol–water partition coefficient (Wildman–Crippen LogP) is 0.955. The molecule has 0 spiro atoms. The smallest absolute Gasteiger partial charge is 0.321 e. The fraction of sp³-hybridized carbons (Fsp3) is 0.467. The number of ether oxygens (including phenoxy) is 1. The Morgan fingerprint density at radius 3 is 2.96 bits per heavy atom. The van der Waals surface area contributed by atoms with E-state index in [0.717, 1.165) is 12.2 Å².